The number of esters is 2. The van der Waals surface area contributed by atoms with Gasteiger partial charge in [-0.05, 0) is 51.7 Å². The zero-order chi connectivity index (χ0) is 29.0. The summed E-state index contributed by atoms with van der Waals surface area (Å²) in [6.45, 7) is 12.6. The molecule has 9 heteroatoms. The first-order valence-electron chi connectivity index (χ1n) is 13.4. The molecule has 1 amide bonds. The van der Waals surface area contributed by atoms with Crippen LogP contribution in [-0.4, -0.2) is 76.8 Å². The van der Waals surface area contributed by atoms with Crippen LogP contribution in [0.25, 0.3) is 0 Å². The van der Waals surface area contributed by atoms with E-state index in [0.29, 0.717) is 0 Å². The molecule has 0 spiro atoms. The van der Waals surface area contributed by atoms with Gasteiger partial charge in [-0.25, -0.2) is 4.79 Å². The summed E-state index contributed by atoms with van der Waals surface area (Å²) in [6.07, 6.45) is 6.90. The standard InChI is InChI=1S/C29H47NO8/c1-9-22(5)30(8)28(34)36-18-19(2)11-10-12-20(3)27-21(4)13-14-25(37-23(6)31)29(7,35)16-15-24(32)17-26(33)38-27/h10-14,19,21-22,24-25,27,32,35H,9,15-18H2,1-8H3/b11-10+,14-13-,20-12+/t19-,21-,22?,24-,25-,27+,29-/m0/s1. The third-order valence-electron chi connectivity index (χ3n) is 6.87. The molecule has 0 fully saturated rings. The maximum atomic E-state index is 12.6. The third kappa shape index (κ3) is 11.4. The highest BCUT2D eigenvalue weighted by molar-refractivity contribution is 5.70. The van der Waals surface area contributed by atoms with Crippen LogP contribution in [0.3, 0.4) is 0 Å². The Morgan fingerprint density at radius 3 is 2.55 bits per heavy atom. The fourth-order valence-electron chi connectivity index (χ4n) is 3.94. The highest BCUT2D eigenvalue weighted by atomic mass is 16.6. The summed E-state index contributed by atoms with van der Waals surface area (Å²) in [5, 5.41) is 21.2. The molecule has 1 aliphatic heterocycles. The van der Waals surface area contributed by atoms with E-state index < -0.39 is 35.9 Å². The first-order valence-corrected chi connectivity index (χ1v) is 13.4. The Kier molecular flexibility index (Phi) is 13.8. The van der Waals surface area contributed by atoms with Crippen molar-refractivity contribution in [1.82, 2.24) is 4.90 Å². The Morgan fingerprint density at radius 1 is 1.29 bits per heavy atom. The van der Waals surface area contributed by atoms with Crippen LogP contribution in [0.5, 0.6) is 0 Å². The fourth-order valence-corrected chi connectivity index (χ4v) is 3.94. The van der Waals surface area contributed by atoms with Gasteiger partial charge in [0, 0.05) is 31.8 Å². The number of aliphatic hydroxyl groups is 2. The first kappa shape index (κ1) is 33.4. The number of rotatable bonds is 8. The highest BCUT2D eigenvalue weighted by Gasteiger charge is 2.35. The Morgan fingerprint density at radius 2 is 1.95 bits per heavy atom. The van der Waals surface area contributed by atoms with Gasteiger partial charge in [0.2, 0.25) is 0 Å². The van der Waals surface area contributed by atoms with E-state index in [9.17, 15) is 24.6 Å². The third-order valence-corrected chi connectivity index (χ3v) is 6.87. The smallest absolute Gasteiger partial charge is 0.409 e. The van der Waals surface area contributed by atoms with Gasteiger partial charge >= 0.3 is 18.0 Å². The molecule has 0 aromatic rings. The van der Waals surface area contributed by atoms with E-state index in [-0.39, 0.29) is 49.8 Å². The van der Waals surface area contributed by atoms with Gasteiger partial charge in [0.15, 0.2) is 0 Å². The zero-order valence-corrected chi connectivity index (χ0v) is 24.2. The predicted molar refractivity (Wildman–Crippen MR) is 145 cm³/mol. The molecule has 0 aromatic heterocycles. The number of hydrogen-bond donors (Lipinski definition) is 2. The number of carbonyl (C=O) groups is 3. The molecular formula is C29H47NO8. The summed E-state index contributed by atoms with van der Waals surface area (Å²) >= 11 is 0. The molecule has 2 N–H and O–H groups in total. The molecular weight excluding hydrogens is 490 g/mol. The summed E-state index contributed by atoms with van der Waals surface area (Å²) in [5.41, 5.74) is -0.660. The van der Waals surface area contributed by atoms with Gasteiger partial charge in [0.1, 0.15) is 17.8 Å². The summed E-state index contributed by atoms with van der Waals surface area (Å²) < 4.78 is 16.5. The molecule has 0 aromatic carbocycles. The summed E-state index contributed by atoms with van der Waals surface area (Å²) in [5.74, 6) is -1.42. The number of amides is 1. The number of aliphatic hydroxyl groups excluding tert-OH is 1. The molecule has 38 heavy (non-hydrogen) atoms. The van der Waals surface area contributed by atoms with Crippen molar-refractivity contribution in [2.75, 3.05) is 13.7 Å². The molecule has 1 aliphatic rings. The summed E-state index contributed by atoms with van der Waals surface area (Å²) in [4.78, 5) is 37.9. The van der Waals surface area contributed by atoms with Gasteiger partial charge in [-0.15, -0.1) is 0 Å². The van der Waals surface area contributed by atoms with Crippen molar-refractivity contribution in [2.24, 2.45) is 11.8 Å². The van der Waals surface area contributed by atoms with Gasteiger partial charge in [0.25, 0.3) is 0 Å². The molecule has 1 rings (SSSR count). The molecule has 0 saturated carbocycles. The Labute approximate surface area is 227 Å². The Hall–Kier alpha value is -2.65. The maximum absolute atomic E-state index is 12.6. The molecule has 9 nitrogen and oxygen atoms in total. The van der Waals surface area contributed by atoms with Crippen molar-refractivity contribution < 1.29 is 38.8 Å². The molecule has 0 aliphatic carbocycles. The van der Waals surface area contributed by atoms with Crippen LogP contribution in [0, 0.1) is 11.8 Å². The average molecular weight is 538 g/mol. The lowest BCUT2D eigenvalue weighted by atomic mass is 9.88. The number of nitrogens with zero attached hydrogens (tertiary/aromatic N) is 1. The molecule has 7 atom stereocenters. The second-order valence-corrected chi connectivity index (χ2v) is 10.7. The van der Waals surface area contributed by atoms with Crippen molar-refractivity contribution in [1.29, 1.82) is 0 Å². The maximum Gasteiger partial charge on any atom is 0.409 e. The number of cyclic esters (lactones) is 1. The molecule has 1 unspecified atom stereocenters. The van der Waals surface area contributed by atoms with E-state index in [4.69, 9.17) is 14.2 Å². The van der Waals surface area contributed by atoms with E-state index in [1.165, 1.54) is 6.92 Å². The van der Waals surface area contributed by atoms with Gasteiger partial charge in [-0.1, -0.05) is 45.1 Å². The SMILES string of the molecule is CCC(C)N(C)C(=O)OC[C@@H](C)/C=C/C=C(\C)[C@H]1OC(=O)C[C@@H](O)CC[C@](C)(O)[C@@H](OC(C)=O)/C=C\[C@@H]1C. The summed E-state index contributed by atoms with van der Waals surface area (Å²) in [6, 6.07) is 0.0974. The van der Waals surface area contributed by atoms with Crippen LogP contribution in [0.15, 0.2) is 36.0 Å². The Bertz CT molecular complexity index is 878. The normalized spacial score (nSPS) is 29.8. The minimum atomic E-state index is -1.42. The van der Waals surface area contributed by atoms with Crippen LogP contribution in [-0.2, 0) is 23.8 Å². The quantitative estimate of drug-likeness (QED) is 0.203. The number of carbonyl (C=O) groups excluding carboxylic acids is 3. The number of hydrogen-bond acceptors (Lipinski definition) is 8. The minimum Gasteiger partial charge on any atom is -0.457 e. The van der Waals surface area contributed by atoms with Crippen LogP contribution in [0.2, 0.25) is 0 Å². The lowest BCUT2D eigenvalue weighted by molar-refractivity contribution is -0.157. The van der Waals surface area contributed by atoms with Crippen LogP contribution in [0.4, 0.5) is 4.79 Å². The van der Waals surface area contributed by atoms with E-state index in [2.05, 4.69) is 0 Å². The van der Waals surface area contributed by atoms with Gasteiger partial charge < -0.3 is 29.3 Å². The summed E-state index contributed by atoms with van der Waals surface area (Å²) in [7, 11) is 1.72. The zero-order valence-electron chi connectivity index (χ0n) is 24.2. The molecule has 0 bridgehead atoms. The van der Waals surface area contributed by atoms with E-state index >= 15 is 0 Å². The second-order valence-electron chi connectivity index (χ2n) is 10.7. The lowest BCUT2D eigenvalue weighted by Gasteiger charge is -2.32. The predicted octanol–water partition coefficient (Wildman–Crippen LogP) is 4.32. The van der Waals surface area contributed by atoms with E-state index in [0.717, 1.165) is 12.0 Å². The molecule has 0 saturated heterocycles. The average Bonchev–Trinajstić information content (AvgIpc) is 2.84. The number of allylic oxidation sites excluding steroid dienone is 2. The fraction of sp³-hybridized carbons (Fsp3) is 0.690. The number of ether oxygens (including phenoxy) is 3. The molecule has 1 heterocycles. The molecule has 216 valence electrons. The van der Waals surface area contributed by atoms with Crippen LogP contribution in [0.1, 0.15) is 74.1 Å². The second kappa shape index (κ2) is 15.7. The first-order chi connectivity index (χ1) is 17.7. The topological polar surface area (TPSA) is 123 Å². The largest absolute Gasteiger partial charge is 0.457 e. The van der Waals surface area contributed by atoms with Crippen molar-refractivity contribution in [2.45, 2.75) is 104 Å². The van der Waals surface area contributed by atoms with E-state index in [1.54, 1.807) is 31.0 Å². The van der Waals surface area contributed by atoms with Crippen molar-refractivity contribution in [3.05, 3.63) is 36.0 Å². The molecule has 0 radical (unpaired) electrons. The monoisotopic (exact) mass is 537 g/mol. The van der Waals surface area contributed by atoms with Crippen molar-refractivity contribution in [3.8, 4) is 0 Å². The Balaban J connectivity index is 3.03. The van der Waals surface area contributed by atoms with Gasteiger partial charge in [0.05, 0.1) is 19.1 Å². The lowest BCUT2D eigenvalue weighted by Crippen LogP contribution is -2.42. The highest BCUT2D eigenvalue weighted by Crippen LogP contribution is 2.27. The minimum absolute atomic E-state index is 0.0358. The van der Waals surface area contributed by atoms with Crippen molar-refractivity contribution in [3.63, 3.8) is 0 Å². The van der Waals surface area contributed by atoms with E-state index in [1.807, 2.05) is 52.8 Å². The van der Waals surface area contributed by atoms with Crippen molar-refractivity contribution >= 4 is 18.0 Å². The van der Waals surface area contributed by atoms with Crippen LogP contribution >= 0.6 is 0 Å². The van der Waals surface area contributed by atoms with Gasteiger partial charge in [-0.3, -0.25) is 9.59 Å². The van der Waals surface area contributed by atoms with Gasteiger partial charge in [-0.2, -0.15) is 0 Å². The van der Waals surface area contributed by atoms with Crippen LogP contribution < -0.4 is 0 Å².